The van der Waals surface area contributed by atoms with E-state index in [4.69, 9.17) is 9.84 Å². The van der Waals surface area contributed by atoms with Gasteiger partial charge in [0.1, 0.15) is 6.04 Å². The van der Waals surface area contributed by atoms with Gasteiger partial charge in [-0.25, -0.2) is 8.42 Å². The van der Waals surface area contributed by atoms with Crippen LogP contribution in [-0.2, 0) is 19.4 Å². The highest BCUT2D eigenvalue weighted by Crippen LogP contribution is 2.17. The second-order valence-electron chi connectivity index (χ2n) is 4.74. The van der Waals surface area contributed by atoms with E-state index in [9.17, 15) is 13.2 Å². The molecular formula is C13H16BrNO5S. The normalized spacial score (nSPS) is 20.3. The first-order chi connectivity index (χ1) is 9.90. The molecule has 1 aromatic rings. The van der Waals surface area contributed by atoms with Crippen molar-refractivity contribution >= 4 is 31.7 Å². The smallest absolute Gasteiger partial charge is 0.323 e. The number of hydrogen-bond acceptors (Lipinski definition) is 5. The Hall–Kier alpha value is -0.960. The second kappa shape index (κ2) is 6.87. The summed E-state index contributed by atoms with van der Waals surface area (Å²) in [5.41, 5.74) is 0. The van der Waals surface area contributed by atoms with Gasteiger partial charge in [-0.2, -0.15) is 0 Å². The van der Waals surface area contributed by atoms with Crippen LogP contribution in [0.15, 0.2) is 33.6 Å². The first-order valence-electron chi connectivity index (χ1n) is 6.43. The lowest BCUT2D eigenvalue weighted by Crippen LogP contribution is -2.51. The molecule has 2 rings (SSSR count). The van der Waals surface area contributed by atoms with E-state index in [0.29, 0.717) is 13.2 Å². The predicted octanol–water partition coefficient (Wildman–Crippen LogP) is 1.01. The maximum atomic E-state index is 12.2. The van der Waals surface area contributed by atoms with Crippen LogP contribution in [0.5, 0.6) is 0 Å². The number of aliphatic carboxylic acids is 1. The predicted molar refractivity (Wildman–Crippen MR) is 80.0 cm³/mol. The van der Waals surface area contributed by atoms with Crippen molar-refractivity contribution in [2.24, 2.45) is 0 Å². The van der Waals surface area contributed by atoms with E-state index >= 15 is 0 Å². The van der Waals surface area contributed by atoms with E-state index in [1.807, 2.05) is 0 Å². The highest BCUT2D eigenvalue weighted by atomic mass is 79.9. The summed E-state index contributed by atoms with van der Waals surface area (Å²) in [6, 6.07) is 5.63. The van der Waals surface area contributed by atoms with Gasteiger partial charge in [0.05, 0.1) is 23.9 Å². The Balaban J connectivity index is 2.03. The minimum absolute atomic E-state index is 0.0909. The van der Waals surface area contributed by atoms with E-state index in [-0.39, 0.29) is 23.8 Å². The Bertz CT molecular complexity index is 601. The molecule has 6 nitrogen and oxygen atoms in total. The standard InChI is InChI=1S/C13H16BrNO5S/c14-10-1-3-11(4-2-10)21(18,19)8-6-15-5-7-20-9-12(15)13(16)17/h1-4,12H,5-9H2,(H,16,17). The van der Waals surface area contributed by atoms with Crippen molar-refractivity contribution in [1.29, 1.82) is 0 Å². The number of rotatable bonds is 5. The van der Waals surface area contributed by atoms with Gasteiger partial charge in [0.15, 0.2) is 9.84 Å². The molecule has 1 N–H and O–H groups in total. The van der Waals surface area contributed by atoms with E-state index < -0.39 is 21.8 Å². The van der Waals surface area contributed by atoms with Crippen LogP contribution in [0.25, 0.3) is 0 Å². The maximum Gasteiger partial charge on any atom is 0.323 e. The van der Waals surface area contributed by atoms with Crippen LogP contribution in [0, 0.1) is 0 Å². The van der Waals surface area contributed by atoms with Crippen LogP contribution in [0.3, 0.4) is 0 Å². The zero-order chi connectivity index (χ0) is 15.5. The van der Waals surface area contributed by atoms with Crippen LogP contribution < -0.4 is 0 Å². The van der Waals surface area contributed by atoms with Crippen LogP contribution >= 0.6 is 15.9 Å². The fourth-order valence-electron chi connectivity index (χ4n) is 2.13. The minimum Gasteiger partial charge on any atom is -0.480 e. The molecule has 8 heteroatoms. The first kappa shape index (κ1) is 16.4. The first-order valence-corrected chi connectivity index (χ1v) is 8.87. The fraction of sp³-hybridized carbons (Fsp3) is 0.462. The van der Waals surface area contributed by atoms with Gasteiger partial charge in [0, 0.05) is 17.6 Å². The van der Waals surface area contributed by atoms with Crippen molar-refractivity contribution < 1.29 is 23.1 Å². The Morgan fingerprint density at radius 1 is 1.38 bits per heavy atom. The monoisotopic (exact) mass is 377 g/mol. The molecule has 1 unspecified atom stereocenters. The molecule has 0 bridgehead atoms. The van der Waals surface area contributed by atoms with E-state index in [1.165, 1.54) is 12.1 Å². The molecule has 1 fully saturated rings. The number of carboxylic acids is 1. The summed E-state index contributed by atoms with van der Waals surface area (Å²) in [7, 11) is -3.42. The lowest BCUT2D eigenvalue weighted by Gasteiger charge is -2.32. The lowest BCUT2D eigenvalue weighted by atomic mass is 10.2. The van der Waals surface area contributed by atoms with Gasteiger partial charge in [-0.05, 0) is 24.3 Å². The Morgan fingerprint density at radius 2 is 2.05 bits per heavy atom. The Labute approximate surface area is 131 Å². The van der Waals surface area contributed by atoms with Gasteiger partial charge in [-0.1, -0.05) is 15.9 Å². The number of carboxylic acid groups (broad SMARTS) is 1. The van der Waals surface area contributed by atoms with E-state index in [1.54, 1.807) is 17.0 Å². The second-order valence-corrected chi connectivity index (χ2v) is 7.76. The largest absolute Gasteiger partial charge is 0.480 e. The molecule has 0 amide bonds. The number of carbonyl (C=O) groups is 1. The van der Waals surface area contributed by atoms with Gasteiger partial charge >= 0.3 is 5.97 Å². The molecular weight excluding hydrogens is 362 g/mol. The van der Waals surface area contributed by atoms with Crippen LogP contribution in [0.2, 0.25) is 0 Å². The van der Waals surface area contributed by atoms with Gasteiger partial charge in [-0.3, -0.25) is 9.69 Å². The molecule has 0 aromatic heterocycles. The number of halogens is 1. The Kier molecular flexibility index (Phi) is 5.37. The highest BCUT2D eigenvalue weighted by Gasteiger charge is 2.30. The maximum absolute atomic E-state index is 12.2. The molecule has 1 aromatic carbocycles. The molecule has 116 valence electrons. The quantitative estimate of drug-likeness (QED) is 0.824. The summed E-state index contributed by atoms with van der Waals surface area (Å²) in [6.07, 6.45) is 0. The summed E-state index contributed by atoms with van der Waals surface area (Å²) in [5.74, 6) is -1.10. The van der Waals surface area contributed by atoms with Gasteiger partial charge in [0.25, 0.3) is 0 Å². The minimum atomic E-state index is -3.42. The molecule has 1 saturated heterocycles. The fourth-order valence-corrected chi connectivity index (χ4v) is 3.66. The molecule has 0 spiro atoms. The van der Waals surface area contributed by atoms with Crippen molar-refractivity contribution in [3.05, 3.63) is 28.7 Å². The summed E-state index contributed by atoms with van der Waals surface area (Å²) in [5, 5.41) is 9.11. The number of sulfone groups is 1. The number of nitrogens with zero attached hydrogens (tertiary/aromatic N) is 1. The van der Waals surface area contributed by atoms with E-state index in [2.05, 4.69) is 15.9 Å². The third kappa shape index (κ3) is 4.26. The average molecular weight is 378 g/mol. The zero-order valence-corrected chi connectivity index (χ0v) is 13.6. The molecule has 1 atom stereocenters. The molecule has 0 aliphatic carbocycles. The van der Waals surface area contributed by atoms with Crippen molar-refractivity contribution in [2.45, 2.75) is 10.9 Å². The number of morpholine rings is 1. The molecule has 21 heavy (non-hydrogen) atoms. The van der Waals surface area contributed by atoms with Crippen LogP contribution in [0.1, 0.15) is 0 Å². The average Bonchev–Trinajstić information content (AvgIpc) is 2.46. The van der Waals surface area contributed by atoms with Crippen molar-refractivity contribution in [3.8, 4) is 0 Å². The third-order valence-corrected chi connectivity index (χ3v) is 5.58. The van der Waals surface area contributed by atoms with Crippen LogP contribution in [0.4, 0.5) is 0 Å². The van der Waals surface area contributed by atoms with Gasteiger partial charge in [-0.15, -0.1) is 0 Å². The topological polar surface area (TPSA) is 83.9 Å². The molecule has 1 heterocycles. The lowest BCUT2D eigenvalue weighted by molar-refractivity contribution is -0.149. The highest BCUT2D eigenvalue weighted by molar-refractivity contribution is 9.10. The molecule has 1 aliphatic rings. The molecule has 1 aliphatic heterocycles. The number of benzene rings is 1. The van der Waals surface area contributed by atoms with Crippen molar-refractivity contribution in [2.75, 3.05) is 32.1 Å². The summed E-state index contributed by atoms with van der Waals surface area (Å²) >= 11 is 3.26. The van der Waals surface area contributed by atoms with Crippen molar-refractivity contribution in [3.63, 3.8) is 0 Å². The molecule has 0 saturated carbocycles. The van der Waals surface area contributed by atoms with Crippen molar-refractivity contribution in [1.82, 2.24) is 4.90 Å². The summed E-state index contributed by atoms with van der Waals surface area (Å²) < 4.78 is 30.4. The third-order valence-electron chi connectivity index (χ3n) is 3.34. The van der Waals surface area contributed by atoms with Gasteiger partial charge in [0.2, 0.25) is 0 Å². The summed E-state index contributed by atoms with van der Waals surface area (Å²) in [4.78, 5) is 13.0. The number of hydrogen-bond donors (Lipinski definition) is 1. The SMILES string of the molecule is O=C(O)C1COCCN1CCS(=O)(=O)c1ccc(Br)cc1. The summed E-state index contributed by atoms with van der Waals surface area (Å²) in [6.45, 7) is 1.11. The van der Waals surface area contributed by atoms with Gasteiger partial charge < -0.3 is 9.84 Å². The van der Waals surface area contributed by atoms with E-state index in [0.717, 1.165) is 4.47 Å². The zero-order valence-electron chi connectivity index (χ0n) is 11.2. The Morgan fingerprint density at radius 3 is 2.67 bits per heavy atom. The number of ether oxygens (including phenoxy) is 1. The van der Waals surface area contributed by atoms with Crippen LogP contribution in [-0.4, -0.2) is 62.5 Å². The molecule has 0 radical (unpaired) electrons.